The van der Waals surface area contributed by atoms with Crippen molar-refractivity contribution in [2.45, 2.75) is 0 Å². The lowest BCUT2D eigenvalue weighted by atomic mass is 10.5. The fourth-order valence-corrected chi connectivity index (χ4v) is 1.33. The van der Waals surface area contributed by atoms with Gasteiger partial charge in [-0.1, -0.05) is 12.2 Å². The number of H-pyrrole nitrogens is 1. The topological polar surface area (TPSA) is 15.8 Å². The van der Waals surface area contributed by atoms with Crippen LogP contribution in [0, 0.1) is 4.51 Å². The van der Waals surface area contributed by atoms with E-state index in [0.29, 0.717) is 0 Å². The number of hydrogen-bond donors (Lipinski definition) is 1. The van der Waals surface area contributed by atoms with E-state index in [1.165, 1.54) is 0 Å². The van der Waals surface area contributed by atoms with Gasteiger partial charge < -0.3 is 4.98 Å². The molecular formula is C5H3Br2NS. The van der Waals surface area contributed by atoms with Crippen LogP contribution < -0.4 is 0 Å². The Hall–Kier alpha value is 0.330. The molecule has 48 valence electrons. The predicted molar refractivity (Wildman–Crippen MR) is 47.0 cm³/mol. The summed E-state index contributed by atoms with van der Waals surface area (Å²) >= 11 is 11.5. The second kappa shape index (κ2) is 2.94. The third kappa shape index (κ3) is 1.63. The molecule has 0 saturated heterocycles. The maximum absolute atomic E-state index is 4.94. The third-order valence-corrected chi connectivity index (χ3v) is 3.44. The van der Waals surface area contributed by atoms with Gasteiger partial charge in [0.1, 0.15) is 0 Å². The second-order valence-corrected chi connectivity index (χ2v) is 3.50. The molecule has 0 atom stereocenters. The Labute approximate surface area is 74.7 Å². The summed E-state index contributed by atoms with van der Waals surface area (Å²) in [6.07, 6.45) is 1.79. The van der Waals surface area contributed by atoms with Crippen LogP contribution in [0.4, 0.5) is 0 Å². The van der Waals surface area contributed by atoms with Crippen LogP contribution in [0.1, 0.15) is 0 Å². The molecular weight excluding hydrogens is 266 g/mol. The summed E-state index contributed by atoms with van der Waals surface area (Å²) in [4.78, 5) is 2.94. The largest absolute Gasteiger partial charge is 0.355 e. The summed E-state index contributed by atoms with van der Waals surface area (Å²) in [5.74, 6) is 0. The molecule has 4 heteroatoms. The molecule has 1 aromatic rings. The zero-order chi connectivity index (χ0) is 6.85. The standard InChI is InChI=1S/C5H3Br2NS/c6-4-3(9)1-2-8-5(4)7/h1-2H,(H,8,9). The fraction of sp³-hybridized carbons (Fsp3) is 0. The third-order valence-electron chi connectivity index (χ3n) is 0.854. The van der Waals surface area contributed by atoms with E-state index in [0.717, 1.165) is 13.6 Å². The van der Waals surface area contributed by atoms with Crippen molar-refractivity contribution < 1.29 is 0 Å². The Balaban J connectivity index is 3.43. The maximum Gasteiger partial charge on any atom is 0.0978 e. The maximum atomic E-state index is 4.94. The van der Waals surface area contributed by atoms with Crippen LogP contribution >= 0.6 is 44.1 Å². The molecule has 0 spiro atoms. The molecule has 1 N–H and O–H groups in total. The highest BCUT2D eigenvalue weighted by Crippen LogP contribution is 2.20. The smallest absolute Gasteiger partial charge is 0.0978 e. The number of halogens is 2. The molecule has 0 saturated carbocycles. The molecule has 0 fully saturated rings. The number of hydrogen-bond acceptors (Lipinski definition) is 1. The lowest BCUT2D eigenvalue weighted by Gasteiger charge is -1.92. The number of aromatic nitrogens is 1. The molecule has 1 heterocycles. The molecule has 1 aromatic heterocycles. The van der Waals surface area contributed by atoms with Crippen molar-refractivity contribution in [1.82, 2.24) is 4.98 Å². The number of nitrogens with one attached hydrogen (secondary N) is 1. The number of rotatable bonds is 0. The van der Waals surface area contributed by atoms with Crippen molar-refractivity contribution in [2.75, 3.05) is 0 Å². The van der Waals surface area contributed by atoms with Gasteiger partial charge in [0.15, 0.2) is 0 Å². The average Bonchev–Trinajstić information content (AvgIpc) is 1.83. The zero-order valence-corrected chi connectivity index (χ0v) is 8.31. The van der Waals surface area contributed by atoms with Gasteiger partial charge in [-0.05, 0) is 37.9 Å². The van der Waals surface area contributed by atoms with Gasteiger partial charge in [-0.3, -0.25) is 0 Å². The molecule has 1 rings (SSSR count). The minimum atomic E-state index is 0.806. The summed E-state index contributed by atoms with van der Waals surface area (Å²) in [5.41, 5.74) is 0. The first-order valence-corrected chi connectivity index (χ1v) is 4.24. The van der Waals surface area contributed by atoms with Crippen LogP contribution in [0.3, 0.4) is 0 Å². The first kappa shape index (κ1) is 7.44. The summed E-state index contributed by atoms with van der Waals surface area (Å²) < 4.78 is 2.59. The quantitative estimate of drug-likeness (QED) is 0.564. The summed E-state index contributed by atoms with van der Waals surface area (Å²) in [6.45, 7) is 0. The summed E-state index contributed by atoms with van der Waals surface area (Å²) in [7, 11) is 0. The Morgan fingerprint density at radius 3 is 2.56 bits per heavy atom. The SMILES string of the molecule is S=c1cc[nH]c(Br)c1Br. The highest BCUT2D eigenvalue weighted by atomic mass is 79.9. The molecule has 0 aliphatic heterocycles. The second-order valence-electron chi connectivity index (χ2n) is 1.47. The monoisotopic (exact) mass is 267 g/mol. The van der Waals surface area contributed by atoms with Gasteiger partial charge in [-0.15, -0.1) is 0 Å². The Kier molecular flexibility index (Phi) is 2.43. The summed E-state index contributed by atoms with van der Waals surface area (Å²) in [5, 5.41) is 0. The van der Waals surface area contributed by atoms with Gasteiger partial charge in [0.05, 0.1) is 13.6 Å². The minimum Gasteiger partial charge on any atom is -0.355 e. The molecule has 0 amide bonds. The van der Waals surface area contributed by atoms with E-state index in [2.05, 4.69) is 36.8 Å². The number of aromatic amines is 1. The lowest BCUT2D eigenvalue weighted by Crippen LogP contribution is -1.75. The molecule has 0 aliphatic rings. The van der Waals surface area contributed by atoms with Crippen LogP contribution in [0.25, 0.3) is 0 Å². The van der Waals surface area contributed by atoms with E-state index in [1.54, 1.807) is 6.20 Å². The van der Waals surface area contributed by atoms with E-state index >= 15 is 0 Å². The average molecular weight is 269 g/mol. The molecule has 9 heavy (non-hydrogen) atoms. The van der Waals surface area contributed by atoms with Crippen molar-refractivity contribution >= 4 is 44.1 Å². The molecule has 1 nitrogen and oxygen atoms in total. The first-order valence-electron chi connectivity index (χ1n) is 2.24. The van der Waals surface area contributed by atoms with Gasteiger partial charge >= 0.3 is 0 Å². The van der Waals surface area contributed by atoms with Gasteiger partial charge in [-0.25, -0.2) is 0 Å². The molecule has 0 radical (unpaired) electrons. The normalized spacial score (nSPS) is 9.56. The van der Waals surface area contributed by atoms with Crippen molar-refractivity contribution in [3.63, 3.8) is 0 Å². The van der Waals surface area contributed by atoms with Crippen molar-refractivity contribution in [3.05, 3.63) is 25.8 Å². The minimum absolute atomic E-state index is 0.806. The zero-order valence-electron chi connectivity index (χ0n) is 4.32. The van der Waals surface area contributed by atoms with Crippen molar-refractivity contribution in [1.29, 1.82) is 0 Å². The molecule has 0 aliphatic carbocycles. The Morgan fingerprint density at radius 1 is 1.44 bits per heavy atom. The van der Waals surface area contributed by atoms with E-state index in [4.69, 9.17) is 12.2 Å². The van der Waals surface area contributed by atoms with Gasteiger partial charge in [0.2, 0.25) is 0 Å². The highest BCUT2D eigenvalue weighted by molar-refractivity contribution is 9.13. The summed E-state index contributed by atoms with van der Waals surface area (Å²) in [6, 6.07) is 1.82. The fourth-order valence-electron chi connectivity index (χ4n) is 0.435. The lowest BCUT2D eigenvalue weighted by molar-refractivity contribution is 1.25. The van der Waals surface area contributed by atoms with Gasteiger partial charge in [-0.2, -0.15) is 0 Å². The van der Waals surface area contributed by atoms with Crippen LogP contribution in [-0.2, 0) is 0 Å². The van der Waals surface area contributed by atoms with Crippen LogP contribution in [0.5, 0.6) is 0 Å². The van der Waals surface area contributed by atoms with Gasteiger partial charge in [0.25, 0.3) is 0 Å². The van der Waals surface area contributed by atoms with Crippen LogP contribution in [0.2, 0.25) is 0 Å². The first-order chi connectivity index (χ1) is 4.22. The predicted octanol–water partition coefficient (Wildman–Crippen LogP) is 3.27. The Morgan fingerprint density at radius 2 is 2.11 bits per heavy atom. The van der Waals surface area contributed by atoms with Crippen LogP contribution in [0.15, 0.2) is 21.3 Å². The van der Waals surface area contributed by atoms with Gasteiger partial charge in [0, 0.05) is 6.20 Å². The highest BCUT2D eigenvalue weighted by Gasteiger charge is 1.93. The van der Waals surface area contributed by atoms with Crippen LogP contribution in [-0.4, -0.2) is 4.98 Å². The van der Waals surface area contributed by atoms with E-state index < -0.39 is 0 Å². The van der Waals surface area contributed by atoms with Crippen molar-refractivity contribution in [3.8, 4) is 0 Å². The molecule has 0 bridgehead atoms. The Bertz CT molecular complexity index is 268. The van der Waals surface area contributed by atoms with E-state index in [-0.39, 0.29) is 0 Å². The molecule has 0 unspecified atom stereocenters. The molecule has 0 aromatic carbocycles. The van der Waals surface area contributed by atoms with E-state index in [9.17, 15) is 0 Å². The van der Waals surface area contributed by atoms with E-state index in [1.807, 2.05) is 6.07 Å². The number of pyridine rings is 1. The van der Waals surface area contributed by atoms with Crippen molar-refractivity contribution in [2.24, 2.45) is 0 Å².